The summed E-state index contributed by atoms with van der Waals surface area (Å²) in [7, 11) is 0. The first-order valence-electron chi connectivity index (χ1n) is 18.2. The van der Waals surface area contributed by atoms with E-state index in [0.717, 1.165) is 17.4 Å². The van der Waals surface area contributed by atoms with Crippen LogP contribution in [0, 0.1) is 29.5 Å². The molecule has 0 spiro atoms. The van der Waals surface area contributed by atoms with Gasteiger partial charge in [0.25, 0.3) is 0 Å². The number of carbonyl (C=O) groups excluding carboxylic acids is 4. The summed E-state index contributed by atoms with van der Waals surface area (Å²) in [6.07, 6.45) is 3.62. The molecule has 1 aliphatic heterocycles. The number of fused-ring (bicyclic) bond motifs is 4. The Labute approximate surface area is 311 Å². The minimum Gasteiger partial charge on any atom is -0.505 e. The molecule has 0 bridgehead atoms. The molecule has 2 N–H and O–H groups in total. The zero-order valence-electron chi connectivity index (χ0n) is 29.1. The van der Waals surface area contributed by atoms with E-state index < -0.39 is 46.6 Å². The molecule has 0 radical (unpaired) electrons. The minimum absolute atomic E-state index is 0.107. The molecule has 0 unspecified atom stereocenters. The van der Waals surface area contributed by atoms with Crippen molar-refractivity contribution in [2.45, 2.75) is 24.2 Å². The van der Waals surface area contributed by atoms with Crippen LogP contribution in [0.15, 0.2) is 151 Å². The third kappa shape index (κ3) is 5.00. The first-order valence-corrected chi connectivity index (χ1v) is 18.2. The van der Waals surface area contributed by atoms with E-state index in [1.165, 1.54) is 17.0 Å². The maximum Gasteiger partial charge on any atom is 0.238 e. The van der Waals surface area contributed by atoms with Crippen molar-refractivity contribution in [1.82, 2.24) is 0 Å². The van der Waals surface area contributed by atoms with Crippen LogP contribution in [0.2, 0.25) is 0 Å². The van der Waals surface area contributed by atoms with Crippen molar-refractivity contribution in [3.63, 3.8) is 0 Å². The lowest BCUT2D eigenvalue weighted by atomic mass is 9.44. The number of nitrogens with one attached hydrogen (secondary N) is 1. The fourth-order valence-electron chi connectivity index (χ4n) is 9.62. The molecule has 5 aromatic carbocycles. The van der Waals surface area contributed by atoms with Crippen LogP contribution in [0.5, 0.6) is 5.75 Å². The first-order chi connectivity index (χ1) is 26.3. The van der Waals surface area contributed by atoms with Crippen LogP contribution in [0.1, 0.15) is 35.4 Å². The Balaban J connectivity index is 1.18. The largest absolute Gasteiger partial charge is 0.505 e. The molecule has 1 saturated heterocycles. The Bertz CT molecular complexity index is 2390. The average Bonchev–Trinajstić information content (AvgIpc) is 3.46. The lowest BCUT2D eigenvalue weighted by Crippen LogP contribution is -2.58. The summed E-state index contributed by atoms with van der Waals surface area (Å²) >= 11 is 0. The van der Waals surface area contributed by atoms with E-state index in [-0.39, 0.29) is 47.4 Å². The van der Waals surface area contributed by atoms with Crippen molar-refractivity contribution in [3.8, 4) is 5.75 Å². The van der Waals surface area contributed by atoms with Crippen molar-refractivity contribution in [3.05, 3.63) is 174 Å². The van der Waals surface area contributed by atoms with Gasteiger partial charge in [-0.05, 0) is 78.4 Å². The van der Waals surface area contributed by atoms with E-state index in [1.807, 2.05) is 60.7 Å². The lowest BCUT2D eigenvalue weighted by Gasteiger charge is -2.55. The molecular weight excluding hydrogens is 680 g/mol. The molecule has 1 saturated carbocycles. The van der Waals surface area contributed by atoms with Crippen molar-refractivity contribution < 1.29 is 28.7 Å². The summed E-state index contributed by atoms with van der Waals surface area (Å²) in [5, 5.41) is 14.7. The van der Waals surface area contributed by atoms with Crippen LogP contribution in [0.3, 0.4) is 0 Å². The molecule has 54 heavy (non-hydrogen) atoms. The molecule has 2 fully saturated rings. The van der Waals surface area contributed by atoms with Gasteiger partial charge < -0.3 is 10.4 Å². The predicted octanol–water partition coefficient (Wildman–Crippen LogP) is 8.30. The molecular formula is C46H35FN2O5. The fourth-order valence-corrected chi connectivity index (χ4v) is 9.62. The number of carbonyl (C=O) groups is 4. The Kier molecular flexibility index (Phi) is 7.99. The highest BCUT2D eigenvalue weighted by Gasteiger charge is 2.66. The van der Waals surface area contributed by atoms with E-state index in [0.29, 0.717) is 22.4 Å². The molecule has 266 valence electrons. The molecule has 7 nitrogen and oxygen atoms in total. The Hall–Kier alpha value is -6.41. The fraction of sp³-hybridized carbons (Fsp3) is 0.174. The van der Waals surface area contributed by atoms with Crippen LogP contribution in [-0.4, -0.2) is 28.5 Å². The van der Waals surface area contributed by atoms with Crippen LogP contribution in [0.25, 0.3) is 5.57 Å². The number of hydrogen-bond donors (Lipinski definition) is 2. The van der Waals surface area contributed by atoms with E-state index in [2.05, 4.69) is 5.32 Å². The van der Waals surface area contributed by atoms with Crippen molar-refractivity contribution in [2.75, 3.05) is 10.2 Å². The molecule has 8 heteroatoms. The van der Waals surface area contributed by atoms with Gasteiger partial charge in [0.15, 0.2) is 23.1 Å². The number of rotatable bonds is 6. The summed E-state index contributed by atoms with van der Waals surface area (Å²) in [6, 6.07) is 39.0. The monoisotopic (exact) mass is 714 g/mol. The second kappa shape index (κ2) is 12.9. The van der Waals surface area contributed by atoms with Crippen LogP contribution >= 0.6 is 0 Å². The summed E-state index contributed by atoms with van der Waals surface area (Å²) in [5.74, 6) is -6.98. The molecule has 6 atom stereocenters. The van der Waals surface area contributed by atoms with Crippen LogP contribution < -0.4 is 10.2 Å². The number of allylic oxidation sites excluding steroid dienone is 4. The number of hydrogen-bond acceptors (Lipinski definition) is 6. The SMILES string of the molecule is O=C1C(c2ccccc2)=CC(=O)[C@@]2(c3ccccc3)[C@@H](c3cccc(F)c3O)C3=CC[C@@H]4C(=O)N(c5ccc(Nc6ccccc6)cc5)C(=O)[C@@H]4[C@@H]3C[C@@H]12. The van der Waals surface area contributed by atoms with Crippen LogP contribution in [-0.2, 0) is 24.6 Å². The number of halogens is 1. The van der Waals surface area contributed by atoms with Gasteiger partial charge in [-0.3, -0.25) is 24.1 Å². The van der Waals surface area contributed by atoms with Gasteiger partial charge in [0, 0.05) is 34.3 Å². The van der Waals surface area contributed by atoms with Gasteiger partial charge in [0.2, 0.25) is 11.8 Å². The number of nitrogens with zero attached hydrogens (tertiary/aromatic N) is 1. The van der Waals surface area contributed by atoms with E-state index >= 15 is 14.0 Å². The second-order valence-electron chi connectivity index (χ2n) is 14.5. The molecule has 2 amide bonds. The van der Waals surface area contributed by atoms with Crippen molar-refractivity contribution in [2.24, 2.45) is 23.7 Å². The highest BCUT2D eigenvalue weighted by atomic mass is 19.1. The van der Waals surface area contributed by atoms with E-state index in [4.69, 9.17) is 0 Å². The molecule has 3 aliphatic carbocycles. The summed E-state index contributed by atoms with van der Waals surface area (Å²) < 4.78 is 15.3. The van der Waals surface area contributed by atoms with Gasteiger partial charge in [-0.1, -0.05) is 103 Å². The predicted molar refractivity (Wildman–Crippen MR) is 203 cm³/mol. The van der Waals surface area contributed by atoms with Gasteiger partial charge in [-0.25, -0.2) is 4.39 Å². The molecule has 4 aliphatic rings. The maximum absolute atomic E-state index is 15.3. The number of para-hydroxylation sites is 2. The summed E-state index contributed by atoms with van der Waals surface area (Å²) in [4.78, 5) is 60.3. The zero-order chi connectivity index (χ0) is 37.1. The molecule has 0 aromatic heterocycles. The number of phenolic OH excluding ortho intramolecular Hbond substituents is 1. The number of ketones is 2. The van der Waals surface area contributed by atoms with E-state index in [1.54, 1.807) is 66.7 Å². The van der Waals surface area contributed by atoms with Crippen LogP contribution in [0.4, 0.5) is 21.5 Å². The third-order valence-electron chi connectivity index (χ3n) is 11.9. The third-order valence-corrected chi connectivity index (χ3v) is 11.9. The maximum atomic E-state index is 15.3. The zero-order valence-corrected chi connectivity index (χ0v) is 29.1. The van der Waals surface area contributed by atoms with Crippen molar-refractivity contribution in [1.29, 1.82) is 0 Å². The topological polar surface area (TPSA) is 104 Å². The smallest absolute Gasteiger partial charge is 0.238 e. The van der Waals surface area contributed by atoms with Gasteiger partial charge >= 0.3 is 0 Å². The first kappa shape index (κ1) is 33.4. The Morgan fingerprint density at radius 1 is 0.704 bits per heavy atom. The number of phenols is 1. The number of Topliss-reactive ketones (excluding diaryl/α,β-unsaturated/α-hetero) is 1. The number of aromatic hydroxyl groups is 1. The second-order valence-corrected chi connectivity index (χ2v) is 14.5. The molecule has 9 rings (SSSR count). The van der Waals surface area contributed by atoms with Crippen molar-refractivity contribution >= 4 is 46.0 Å². The molecule has 1 heterocycles. The standard InChI is InChI=1S/C46H35FN2O5/c47-38-18-10-17-34(43(38)52)41-32-23-24-33-40(45(54)49(44(33)53)31-21-19-30(20-22-31)48-29-15-8-3-9-16-29)36(32)25-37-42(51)35(27-11-4-1-5-12-27)26-39(50)46(37,41)28-13-6-2-7-14-28/h1-23,26,33,36-37,40-41,48,52H,24-25H2/t33-,36+,37-,40-,41+,46-/m0/s1. The highest BCUT2D eigenvalue weighted by molar-refractivity contribution is 6.32. The summed E-state index contributed by atoms with van der Waals surface area (Å²) in [5.41, 5.74) is 2.78. The number of benzene rings is 5. The van der Waals surface area contributed by atoms with Gasteiger partial charge in [0.1, 0.15) is 0 Å². The number of amides is 2. The van der Waals surface area contributed by atoms with Gasteiger partial charge in [0.05, 0.1) is 22.9 Å². The quantitative estimate of drug-likeness (QED) is 0.136. The van der Waals surface area contributed by atoms with E-state index in [9.17, 15) is 14.7 Å². The lowest BCUT2D eigenvalue weighted by molar-refractivity contribution is -0.135. The minimum atomic E-state index is -1.57. The Morgan fingerprint density at radius 3 is 2.06 bits per heavy atom. The Morgan fingerprint density at radius 2 is 1.35 bits per heavy atom. The highest BCUT2D eigenvalue weighted by Crippen LogP contribution is 2.64. The van der Waals surface area contributed by atoms with Gasteiger partial charge in [-0.15, -0.1) is 0 Å². The van der Waals surface area contributed by atoms with Gasteiger partial charge in [-0.2, -0.15) is 0 Å². The molecule has 5 aromatic rings. The normalized spacial score (nSPS) is 26.0. The average molecular weight is 715 g/mol. The number of anilines is 3. The number of imide groups is 1. The summed E-state index contributed by atoms with van der Waals surface area (Å²) in [6.45, 7) is 0.